The molecule has 2 heteroatoms. The molecule has 0 aromatic heterocycles. The molecule has 82 valence electrons. The molecule has 0 amide bonds. The van der Waals surface area contributed by atoms with Gasteiger partial charge in [0.25, 0.3) is 0 Å². The largest absolute Gasteiger partial charge is 0.0921 e. The van der Waals surface area contributed by atoms with Crippen LogP contribution in [0.15, 0.2) is 24.3 Å². The van der Waals surface area contributed by atoms with Gasteiger partial charge in [0.1, 0.15) is 0 Å². The molecule has 1 aromatic rings. The van der Waals surface area contributed by atoms with Crippen LogP contribution >= 0.6 is 27.5 Å². The van der Waals surface area contributed by atoms with Crippen LogP contribution in [-0.2, 0) is 0 Å². The van der Waals surface area contributed by atoms with Crippen LogP contribution in [0.4, 0.5) is 0 Å². The van der Waals surface area contributed by atoms with E-state index in [1.54, 1.807) is 0 Å². The second-order valence-electron chi connectivity index (χ2n) is 4.36. The fourth-order valence-electron chi connectivity index (χ4n) is 2.58. The summed E-state index contributed by atoms with van der Waals surface area (Å²) in [7, 11) is 0. The Kier molecular flexibility index (Phi) is 4.10. The molecule has 0 N–H and O–H groups in total. The SMILES string of the molecule is Clc1cccc(C(CBr)C2CCCC2)c1. The number of benzene rings is 1. The molecule has 1 aliphatic rings. The zero-order valence-corrected chi connectivity index (χ0v) is 11.1. The molecule has 1 fully saturated rings. The Bertz CT molecular complexity index is 318. The predicted molar refractivity (Wildman–Crippen MR) is 69.9 cm³/mol. The molecular formula is C13H16BrCl. The van der Waals surface area contributed by atoms with Gasteiger partial charge in [-0.2, -0.15) is 0 Å². The Hall–Kier alpha value is -0.0100. The zero-order chi connectivity index (χ0) is 10.7. The lowest BCUT2D eigenvalue weighted by atomic mass is 9.86. The fraction of sp³-hybridized carbons (Fsp3) is 0.538. The van der Waals surface area contributed by atoms with E-state index in [4.69, 9.17) is 11.6 Å². The molecule has 0 bridgehead atoms. The Morgan fingerprint density at radius 3 is 2.67 bits per heavy atom. The van der Waals surface area contributed by atoms with E-state index >= 15 is 0 Å². The van der Waals surface area contributed by atoms with Crippen LogP contribution in [0, 0.1) is 5.92 Å². The maximum atomic E-state index is 6.04. The van der Waals surface area contributed by atoms with Crippen molar-refractivity contribution in [2.24, 2.45) is 5.92 Å². The molecule has 0 saturated heterocycles. The molecule has 1 saturated carbocycles. The van der Waals surface area contributed by atoms with E-state index in [0.717, 1.165) is 16.3 Å². The third kappa shape index (κ3) is 2.76. The lowest BCUT2D eigenvalue weighted by Crippen LogP contribution is -2.11. The molecule has 15 heavy (non-hydrogen) atoms. The molecule has 1 atom stereocenters. The van der Waals surface area contributed by atoms with Crippen LogP contribution in [0.1, 0.15) is 37.2 Å². The summed E-state index contributed by atoms with van der Waals surface area (Å²) in [6.45, 7) is 0. The van der Waals surface area contributed by atoms with Crippen molar-refractivity contribution in [3.63, 3.8) is 0 Å². The molecule has 0 nitrogen and oxygen atoms in total. The lowest BCUT2D eigenvalue weighted by molar-refractivity contribution is 0.468. The summed E-state index contributed by atoms with van der Waals surface area (Å²) >= 11 is 9.68. The van der Waals surface area contributed by atoms with Gasteiger partial charge in [0.05, 0.1) is 0 Å². The summed E-state index contributed by atoms with van der Waals surface area (Å²) in [6.07, 6.45) is 5.55. The third-order valence-electron chi connectivity index (χ3n) is 3.41. The van der Waals surface area contributed by atoms with E-state index in [1.165, 1.54) is 31.2 Å². The van der Waals surface area contributed by atoms with Crippen molar-refractivity contribution in [1.29, 1.82) is 0 Å². The molecule has 0 heterocycles. The van der Waals surface area contributed by atoms with Gasteiger partial charge < -0.3 is 0 Å². The zero-order valence-electron chi connectivity index (χ0n) is 8.76. The highest BCUT2D eigenvalue weighted by atomic mass is 79.9. The lowest BCUT2D eigenvalue weighted by Gasteiger charge is -2.21. The normalized spacial score (nSPS) is 19.3. The van der Waals surface area contributed by atoms with Gasteiger partial charge in [-0.3, -0.25) is 0 Å². The summed E-state index contributed by atoms with van der Waals surface area (Å²) in [5.74, 6) is 1.49. The van der Waals surface area contributed by atoms with Gasteiger partial charge in [0, 0.05) is 10.4 Å². The van der Waals surface area contributed by atoms with E-state index < -0.39 is 0 Å². The van der Waals surface area contributed by atoms with Crippen molar-refractivity contribution in [3.8, 4) is 0 Å². The maximum Gasteiger partial charge on any atom is 0.0408 e. The van der Waals surface area contributed by atoms with E-state index in [0.29, 0.717) is 5.92 Å². The first kappa shape index (κ1) is 11.5. The molecule has 2 rings (SSSR count). The Morgan fingerprint density at radius 2 is 2.07 bits per heavy atom. The summed E-state index contributed by atoms with van der Waals surface area (Å²) in [5, 5.41) is 1.91. The molecule has 0 radical (unpaired) electrons. The Balaban J connectivity index is 2.18. The molecule has 0 spiro atoms. The van der Waals surface area contributed by atoms with Crippen molar-refractivity contribution >= 4 is 27.5 Å². The first-order valence-electron chi connectivity index (χ1n) is 5.62. The number of rotatable bonds is 3. The van der Waals surface area contributed by atoms with Gasteiger partial charge in [-0.1, -0.05) is 52.5 Å². The van der Waals surface area contributed by atoms with Crippen LogP contribution in [0.25, 0.3) is 0 Å². The number of hydrogen-bond donors (Lipinski definition) is 0. The average molecular weight is 288 g/mol. The molecular weight excluding hydrogens is 272 g/mol. The van der Waals surface area contributed by atoms with Crippen LogP contribution in [0.5, 0.6) is 0 Å². The van der Waals surface area contributed by atoms with Crippen LogP contribution in [0.3, 0.4) is 0 Å². The third-order valence-corrected chi connectivity index (χ3v) is 4.34. The van der Waals surface area contributed by atoms with Gasteiger partial charge in [0.15, 0.2) is 0 Å². The Labute approximate surface area is 105 Å². The highest BCUT2D eigenvalue weighted by Crippen LogP contribution is 2.38. The summed E-state index contributed by atoms with van der Waals surface area (Å²) < 4.78 is 0. The summed E-state index contributed by atoms with van der Waals surface area (Å²) in [5.41, 5.74) is 1.39. The van der Waals surface area contributed by atoms with Crippen molar-refractivity contribution in [1.82, 2.24) is 0 Å². The van der Waals surface area contributed by atoms with Gasteiger partial charge >= 0.3 is 0 Å². The molecule has 1 aliphatic carbocycles. The molecule has 0 aliphatic heterocycles. The minimum absolute atomic E-state index is 0.645. The van der Waals surface area contributed by atoms with Gasteiger partial charge in [-0.25, -0.2) is 0 Å². The Morgan fingerprint density at radius 1 is 1.33 bits per heavy atom. The van der Waals surface area contributed by atoms with Crippen molar-refractivity contribution in [2.75, 3.05) is 5.33 Å². The molecule has 1 aromatic carbocycles. The van der Waals surface area contributed by atoms with E-state index in [1.807, 2.05) is 6.07 Å². The van der Waals surface area contributed by atoms with Gasteiger partial charge in [0.2, 0.25) is 0 Å². The van der Waals surface area contributed by atoms with Crippen molar-refractivity contribution in [3.05, 3.63) is 34.9 Å². The second kappa shape index (κ2) is 5.36. The van der Waals surface area contributed by atoms with Crippen molar-refractivity contribution in [2.45, 2.75) is 31.6 Å². The van der Waals surface area contributed by atoms with Crippen molar-refractivity contribution < 1.29 is 0 Å². The predicted octanol–water partition coefficient (Wildman–Crippen LogP) is 5.01. The number of alkyl halides is 1. The smallest absolute Gasteiger partial charge is 0.0408 e. The molecule has 1 unspecified atom stereocenters. The van der Waals surface area contributed by atoms with Gasteiger partial charge in [-0.05, 0) is 42.4 Å². The standard InChI is InChI=1S/C13H16BrCl/c14-9-13(10-4-1-2-5-10)11-6-3-7-12(15)8-11/h3,6-8,10,13H,1-2,4-5,9H2. The second-order valence-corrected chi connectivity index (χ2v) is 5.44. The number of hydrogen-bond acceptors (Lipinski definition) is 0. The summed E-state index contributed by atoms with van der Waals surface area (Å²) in [4.78, 5) is 0. The van der Waals surface area contributed by atoms with E-state index in [9.17, 15) is 0 Å². The minimum Gasteiger partial charge on any atom is -0.0921 e. The van der Waals surface area contributed by atoms with E-state index in [-0.39, 0.29) is 0 Å². The first-order valence-corrected chi connectivity index (χ1v) is 7.12. The maximum absolute atomic E-state index is 6.04. The average Bonchev–Trinajstić information content (AvgIpc) is 2.72. The minimum atomic E-state index is 0.645. The summed E-state index contributed by atoms with van der Waals surface area (Å²) in [6, 6.07) is 8.33. The van der Waals surface area contributed by atoms with E-state index in [2.05, 4.69) is 34.1 Å². The van der Waals surface area contributed by atoms with Gasteiger partial charge in [-0.15, -0.1) is 0 Å². The quantitative estimate of drug-likeness (QED) is 0.686. The van der Waals surface area contributed by atoms with Crippen LogP contribution in [-0.4, -0.2) is 5.33 Å². The van der Waals surface area contributed by atoms with Crippen LogP contribution < -0.4 is 0 Å². The monoisotopic (exact) mass is 286 g/mol. The van der Waals surface area contributed by atoms with Crippen LogP contribution in [0.2, 0.25) is 5.02 Å². The highest BCUT2D eigenvalue weighted by molar-refractivity contribution is 9.09. The fourth-order valence-corrected chi connectivity index (χ4v) is 3.69. The first-order chi connectivity index (χ1) is 7.31. The highest BCUT2D eigenvalue weighted by Gasteiger charge is 2.25. The topological polar surface area (TPSA) is 0 Å². The number of halogens is 2.